The monoisotopic (exact) mass is 580 g/mol. The van der Waals surface area contributed by atoms with Crippen molar-refractivity contribution in [1.82, 2.24) is 20.9 Å². The van der Waals surface area contributed by atoms with Crippen molar-refractivity contribution in [3.05, 3.63) is 0 Å². The van der Waals surface area contributed by atoms with Crippen LogP contribution in [0.1, 0.15) is 45.4 Å². The summed E-state index contributed by atoms with van der Waals surface area (Å²) in [7, 11) is 5.01. The molecule has 0 aromatic carbocycles. The minimum atomic E-state index is -1.51. The molecular weight excluding hydrogens is 539 g/mol. The maximum absolute atomic E-state index is 12.0. The van der Waals surface area contributed by atoms with Crippen molar-refractivity contribution in [1.29, 1.82) is 5.41 Å². The molecule has 0 aromatic rings. The smallest absolute Gasteiger partial charge is 0.548 e. The molecule has 0 bridgehead atoms. The maximum Gasteiger partial charge on any atom is 1.00 e. The summed E-state index contributed by atoms with van der Waals surface area (Å²) < 4.78 is 4.82. The number of rotatable bonds is 20. The number of hydrogen-bond acceptors (Lipinski definition) is 13. The van der Waals surface area contributed by atoms with Crippen LogP contribution in [0.5, 0.6) is 0 Å². The van der Waals surface area contributed by atoms with Crippen molar-refractivity contribution in [3.63, 3.8) is 0 Å². The third kappa shape index (κ3) is 21.3. The van der Waals surface area contributed by atoms with Gasteiger partial charge in [-0.3, -0.25) is 19.2 Å². The van der Waals surface area contributed by atoms with E-state index in [9.17, 15) is 38.7 Å². The molecule has 3 atom stereocenters. The first-order valence-electron chi connectivity index (χ1n) is 12.3. The molecule has 15 nitrogen and oxygen atoms in total. The predicted molar refractivity (Wildman–Crippen MR) is 139 cm³/mol. The van der Waals surface area contributed by atoms with Crippen molar-refractivity contribution >= 4 is 47.8 Å². The molecule has 0 radical (unpaired) electrons. The number of amides is 2. The van der Waals surface area contributed by atoms with E-state index in [-0.39, 0.29) is 99.5 Å². The number of aldehydes is 1. The van der Waals surface area contributed by atoms with Gasteiger partial charge in [0.05, 0.1) is 44.0 Å². The topological polar surface area (TPSA) is 241 Å². The molecule has 6 N–H and O–H groups in total. The standard InChI is InChI=1S/C13H22N4O5.C11H20N2O4.Na/c1-16-10(4-2-8(18)6-14)12(20)17-11(13(21)22)5-3-9(19)7-15;1-4-17-11(16)9(6-5-7-14)12-10(15)8-13(2)3;/h7,10-11,15-16H,2-6,14H2,1H3,(H,17,20)(H,21,22);7,9H,4-6,8H2,1-3H3,(H,12,15);/q;;+1/p-1. The summed E-state index contributed by atoms with van der Waals surface area (Å²) in [5.74, 6) is -3.64. The summed E-state index contributed by atoms with van der Waals surface area (Å²) in [6.07, 6.45) is 1.70. The van der Waals surface area contributed by atoms with Gasteiger partial charge >= 0.3 is 35.5 Å². The minimum absolute atomic E-state index is 0. The number of aliphatic carboxylic acids is 1. The Morgan fingerprint density at radius 3 is 2.05 bits per heavy atom. The van der Waals surface area contributed by atoms with Gasteiger partial charge in [-0.05, 0) is 47.3 Å². The number of carbonyl (C=O) groups is 7. The zero-order chi connectivity index (χ0) is 30.4. The maximum atomic E-state index is 12.0. The molecule has 0 aliphatic heterocycles. The minimum Gasteiger partial charge on any atom is -0.548 e. The van der Waals surface area contributed by atoms with E-state index in [1.54, 1.807) is 25.9 Å². The molecule has 3 unspecified atom stereocenters. The summed E-state index contributed by atoms with van der Waals surface area (Å²) >= 11 is 0. The van der Waals surface area contributed by atoms with Gasteiger partial charge in [0.15, 0.2) is 5.78 Å². The van der Waals surface area contributed by atoms with Gasteiger partial charge in [0.25, 0.3) is 0 Å². The van der Waals surface area contributed by atoms with E-state index < -0.39 is 41.8 Å². The van der Waals surface area contributed by atoms with E-state index in [0.29, 0.717) is 12.5 Å². The van der Waals surface area contributed by atoms with Crippen LogP contribution in [-0.2, 0) is 38.3 Å². The second-order valence-corrected chi connectivity index (χ2v) is 8.51. The quantitative estimate of drug-likeness (QED) is 0.0391. The second-order valence-electron chi connectivity index (χ2n) is 8.51. The van der Waals surface area contributed by atoms with Crippen LogP contribution in [0.25, 0.3) is 0 Å². The summed E-state index contributed by atoms with van der Waals surface area (Å²) in [4.78, 5) is 80.0. The largest absolute Gasteiger partial charge is 1.00 e. The van der Waals surface area contributed by atoms with Gasteiger partial charge < -0.3 is 51.4 Å². The number of Topliss-reactive ketones (excluding diaryl/α,β-unsaturated/α-hetero) is 2. The molecule has 0 aromatic heterocycles. The first kappa shape index (κ1) is 41.9. The van der Waals surface area contributed by atoms with Crippen molar-refractivity contribution in [2.45, 2.75) is 63.6 Å². The summed E-state index contributed by atoms with van der Waals surface area (Å²) in [6.45, 7) is 2.01. The van der Waals surface area contributed by atoms with E-state index in [2.05, 4.69) is 16.0 Å². The van der Waals surface area contributed by atoms with E-state index in [1.807, 2.05) is 0 Å². The molecular formula is C24H41N6NaO9. The Morgan fingerprint density at radius 2 is 1.60 bits per heavy atom. The van der Waals surface area contributed by atoms with Crippen LogP contribution in [0.4, 0.5) is 0 Å². The molecule has 16 heteroatoms. The number of nitrogens with one attached hydrogen (secondary N) is 4. The Morgan fingerprint density at radius 1 is 1.00 bits per heavy atom. The molecule has 0 saturated carbocycles. The molecule has 222 valence electrons. The number of nitrogens with two attached hydrogens (primary N) is 1. The van der Waals surface area contributed by atoms with Gasteiger partial charge in [-0.15, -0.1) is 0 Å². The van der Waals surface area contributed by atoms with Crippen LogP contribution >= 0.6 is 0 Å². The van der Waals surface area contributed by atoms with E-state index >= 15 is 0 Å². The first-order valence-corrected chi connectivity index (χ1v) is 12.3. The Kier molecular flexibility index (Phi) is 26.6. The van der Waals surface area contributed by atoms with Crippen molar-refractivity contribution in [3.8, 4) is 0 Å². The number of likely N-dealkylation sites (N-methyl/N-ethyl adjacent to an activating group) is 2. The summed E-state index contributed by atoms with van der Waals surface area (Å²) in [5.41, 5.74) is 5.17. The number of carboxylic acids is 1. The van der Waals surface area contributed by atoms with Crippen molar-refractivity contribution in [2.75, 3.05) is 40.8 Å². The molecule has 0 rings (SSSR count). The number of hydrogen-bond donors (Lipinski definition) is 5. The summed E-state index contributed by atoms with van der Waals surface area (Å²) in [5, 5.41) is 25.2. The van der Waals surface area contributed by atoms with Crippen LogP contribution in [0.2, 0.25) is 0 Å². The van der Waals surface area contributed by atoms with Crippen molar-refractivity contribution in [2.24, 2.45) is 5.73 Å². The third-order valence-electron chi connectivity index (χ3n) is 4.99. The van der Waals surface area contributed by atoms with Gasteiger partial charge in [0.1, 0.15) is 18.1 Å². The second kappa shape index (κ2) is 25.4. The Labute approximate surface area is 256 Å². The number of ether oxygens (including phenoxy) is 1. The van der Waals surface area contributed by atoms with Crippen LogP contribution in [-0.4, -0.2) is 112 Å². The van der Waals surface area contributed by atoms with Crippen LogP contribution < -0.4 is 56.3 Å². The Balaban J connectivity index is -0.000000689. The van der Waals surface area contributed by atoms with Crippen LogP contribution in [0, 0.1) is 5.41 Å². The Hall–Kier alpha value is -2.56. The summed E-state index contributed by atoms with van der Waals surface area (Å²) in [6, 6.07) is -2.83. The predicted octanol–water partition coefficient (Wildman–Crippen LogP) is -6.31. The van der Waals surface area contributed by atoms with E-state index in [0.717, 1.165) is 0 Å². The van der Waals surface area contributed by atoms with Gasteiger partial charge in [0, 0.05) is 19.3 Å². The average Bonchev–Trinajstić information content (AvgIpc) is 2.88. The first-order chi connectivity index (χ1) is 18.4. The number of carboxylic acid groups (broad SMARTS) is 1. The fourth-order valence-electron chi connectivity index (χ4n) is 2.95. The number of ketones is 2. The normalized spacial score (nSPS) is 12.2. The van der Waals surface area contributed by atoms with Gasteiger partial charge in [0.2, 0.25) is 11.8 Å². The average molecular weight is 581 g/mol. The third-order valence-corrected chi connectivity index (χ3v) is 4.99. The fourth-order valence-corrected chi connectivity index (χ4v) is 2.95. The SMILES string of the molecule is CCOC(=O)C(CCC=O)NC(=O)CN(C)C.CNC(CCC(=O)CN)C(=O)NC(CCC(=O)C=N)C(=O)[O-].[Na+]. The molecule has 0 aliphatic rings. The number of esters is 1. The van der Waals surface area contributed by atoms with Crippen molar-refractivity contribution < 1.29 is 73.0 Å². The molecule has 40 heavy (non-hydrogen) atoms. The van der Waals surface area contributed by atoms with Gasteiger partial charge in [-0.2, -0.15) is 0 Å². The zero-order valence-electron chi connectivity index (χ0n) is 23.9. The molecule has 0 heterocycles. The van der Waals surface area contributed by atoms with Gasteiger partial charge in [-0.25, -0.2) is 4.79 Å². The van der Waals surface area contributed by atoms with Gasteiger partial charge in [-0.1, -0.05) is 0 Å². The van der Waals surface area contributed by atoms with E-state index in [4.69, 9.17) is 15.9 Å². The zero-order valence-corrected chi connectivity index (χ0v) is 25.9. The fraction of sp³-hybridized carbons (Fsp3) is 0.667. The molecule has 0 spiro atoms. The number of carbonyl (C=O) groups excluding carboxylic acids is 7. The molecule has 0 aliphatic carbocycles. The molecule has 0 fully saturated rings. The van der Waals surface area contributed by atoms with E-state index in [1.165, 1.54) is 7.05 Å². The van der Waals surface area contributed by atoms with Crippen LogP contribution in [0.3, 0.4) is 0 Å². The van der Waals surface area contributed by atoms with Crippen LogP contribution in [0.15, 0.2) is 0 Å². The Bertz CT molecular complexity index is 842. The molecule has 2 amide bonds. The number of nitrogens with zero attached hydrogens (tertiary/aromatic N) is 1. The molecule has 0 saturated heterocycles.